The van der Waals surface area contributed by atoms with Gasteiger partial charge in [-0.1, -0.05) is 26.7 Å². The minimum atomic E-state index is -0.764. The van der Waals surface area contributed by atoms with Crippen molar-refractivity contribution in [2.75, 3.05) is 0 Å². The van der Waals surface area contributed by atoms with Crippen molar-refractivity contribution in [3.63, 3.8) is 0 Å². The van der Waals surface area contributed by atoms with Gasteiger partial charge in [-0.2, -0.15) is 0 Å². The van der Waals surface area contributed by atoms with Gasteiger partial charge in [-0.15, -0.1) is 0 Å². The van der Waals surface area contributed by atoms with Crippen molar-refractivity contribution in [3.8, 4) is 0 Å². The van der Waals surface area contributed by atoms with Crippen molar-refractivity contribution < 1.29 is 9.59 Å². The summed E-state index contributed by atoms with van der Waals surface area (Å²) in [5, 5.41) is 2.85. The molecule has 2 aliphatic rings. The minimum absolute atomic E-state index is 0.00125. The number of nitrogens with one attached hydrogen (secondary N) is 1. The Kier molecular flexibility index (Phi) is 3.88. The predicted molar refractivity (Wildman–Crippen MR) is 74.6 cm³/mol. The summed E-state index contributed by atoms with van der Waals surface area (Å²) >= 11 is 0. The van der Waals surface area contributed by atoms with Gasteiger partial charge in [0.2, 0.25) is 11.8 Å². The molecule has 0 aromatic heterocycles. The second kappa shape index (κ2) is 5.14. The first-order valence-corrected chi connectivity index (χ1v) is 7.55. The Hall–Kier alpha value is -1.06. The summed E-state index contributed by atoms with van der Waals surface area (Å²) in [6.45, 7) is 7.70. The molecular weight excluding hydrogens is 240 g/mol. The van der Waals surface area contributed by atoms with Crippen molar-refractivity contribution in [2.45, 2.75) is 77.4 Å². The molecule has 1 saturated carbocycles. The van der Waals surface area contributed by atoms with Crippen LogP contribution in [0.3, 0.4) is 0 Å². The fourth-order valence-electron chi connectivity index (χ4n) is 3.05. The maximum atomic E-state index is 12.7. The van der Waals surface area contributed by atoms with Crippen LogP contribution in [0.2, 0.25) is 0 Å². The number of carbonyl (C=O) groups excluding carboxylic acids is 2. The molecule has 2 unspecified atom stereocenters. The highest BCUT2D eigenvalue weighted by molar-refractivity contribution is 5.99. The Morgan fingerprint density at radius 2 is 1.95 bits per heavy atom. The number of carbonyl (C=O) groups is 2. The molecule has 1 heterocycles. The molecule has 0 radical (unpaired) electrons. The number of hydrogen-bond donors (Lipinski definition) is 1. The Bertz CT molecular complexity index is 374. The summed E-state index contributed by atoms with van der Waals surface area (Å²) in [4.78, 5) is 26.8. The highest BCUT2D eigenvalue weighted by atomic mass is 16.2. The van der Waals surface area contributed by atoms with E-state index in [1.54, 1.807) is 13.8 Å². The maximum absolute atomic E-state index is 12.7. The van der Waals surface area contributed by atoms with Crippen molar-refractivity contribution in [2.24, 2.45) is 5.92 Å². The van der Waals surface area contributed by atoms with Crippen LogP contribution < -0.4 is 5.32 Å². The Labute approximate surface area is 115 Å². The zero-order chi connectivity index (χ0) is 14.2. The van der Waals surface area contributed by atoms with Gasteiger partial charge in [0.05, 0.1) is 0 Å². The fourth-order valence-corrected chi connectivity index (χ4v) is 3.05. The highest BCUT2D eigenvalue weighted by Gasteiger charge is 2.47. The van der Waals surface area contributed by atoms with Crippen molar-refractivity contribution in [1.82, 2.24) is 10.2 Å². The van der Waals surface area contributed by atoms with Gasteiger partial charge in [0, 0.05) is 6.04 Å². The molecule has 19 heavy (non-hydrogen) atoms. The van der Waals surface area contributed by atoms with Crippen LogP contribution >= 0.6 is 0 Å². The summed E-state index contributed by atoms with van der Waals surface area (Å²) in [6, 6.07) is -0.0699. The van der Waals surface area contributed by atoms with E-state index in [9.17, 15) is 9.59 Å². The monoisotopic (exact) mass is 266 g/mol. The third-order valence-electron chi connectivity index (χ3n) is 4.40. The molecule has 2 rings (SSSR count). The van der Waals surface area contributed by atoms with Gasteiger partial charge in [0.25, 0.3) is 0 Å². The SMILES string of the molecule is CCC(CC1CC1)N1C(=O)C(C)(C)NC(=O)C1CC. The van der Waals surface area contributed by atoms with Gasteiger partial charge >= 0.3 is 0 Å². The van der Waals surface area contributed by atoms with Crippen LogP contribution in [-0.4, -0.2) is 34.3 Å². The number of hydrogen-bond acceptors (Lipinski definition) is 2. The zero-order valence-electron chi connectivity index (χ0n) is 12.5. The summed E-state index contributed by atoms with van der Waals surface area (Å²) in [6.07, 6.45) is 5.24. The van der Waals surface area contributed by atoms with Crippen LogP contribution in [0.1, 0.15) is 59.8 Å². The Morgan fingerprint density at radius 3 is 2.42 bits per heavy atom. The average Bonchev–Trinajstić information content (AvgIpc) is 3.14. The summed E-state index contributed by atoms with van der Waals surface area (Å²) in [5.74, 6) is 0.844. The molecule has 2 atom stereocenters. The van der Waals surface area contributed by atoms with E-state index in [4.69, 9.17) is 0 Å². The average molecular weight is 266 g/mol. The first-order valence-electron chi connectivity index (χ1n) is 7.55. The van der Waals surface area contributed by atoms with E-state index in [-0.39, 0.29) is 23.9 Å². The molecule has 0 bridgehead atoms. The van der Waals surface area contributed by atoms with Gasteiger partial charge < -0.3 is 10.2 Å². The molecular formula is C15H26N2O2. The lowest BCUT2D eigenvalue weighted by Gasteiger charge is -2.46. The van der Waals surface area contributed by atoms with Crippen molar-refractivity contribution in [1.29, 1.82) is 0 Å². The second-order valence-electron chi connectivity index (χ2n) is 6.49. The normalized spacial score (nSPS) is 28.2. The topological polar surface area (TPSA) is 49.4 Å². The standard InChI is InChI=1S/C15H26N2O2/c1-5-11(9-10-7-8-10)17-12(6-2)13(18)16-15(3,4)14(17)19/h10-12H,5-9H2,1-4H3,(H,16,18). The molecule has 0 aromatic carbocycles. The largest absolute Gasteiger partial charge is 0.340 e. The lowest BCUT2D eigenvalue weighted by Crippen LogP contribution is -2.69. The van der Waals surface area contributed by atoms with Gasteiger partial charge in [0.1, 0.15) is 11.6 Å². The molecule has 4 heteroatoms. The summed E-state index contributed by atoms with van der Waals surface area (Å²) in [5.41, 5.74) is -0.764. The van der Waals surface area contributed by atoms with E-state index < -0.39 is 5.54 Å². The second-order valence-corrected chi connectivity index (χ2v) is 6.49. The van der Waals surface area contributed by atoms with Gasteiger partial charge in [-0.25, -0.2) is 0 Å². The molecule has 4 nitrogen and oxygen atoms in total. The molecule has 1 N–H and O–H groups in total. The van der Waals surface area contributed by atoms with E-state index in [0.717, 1.165) is 18.8 Å². The summed E-state index contributed by atoms with van der Waals surface area (Å²) < 4.78 is 0. The molecule has 0 spiro atoms. The number of rotatable bonds is 5. The van der Waals surface area contributed by atoms with Crippen LogP contribution in [0.4, 0.5) is 0 Å². The van der Waals surface area contributed by atoms with Crippen molar-refractivity contribution >= 4 is 11.8 Å². The Morgan fingerprint density at radius 1 is 1.32 bits per heavy atom. The van der Waals surface area contributed by atoms with Gasteiger partial charge in [-0.05, 0) is 39.0 Å². The van der Waals surface area contributed by atoms with Crippen LogP contribution in [0.15, 0.2) is 0 Å². The number of piperazine rings is 1. The van der Waals surface area contributed by atoms with E-state index in [0.29, 0.717) is 6.42 Å². The van der Waals surface area contributed by atoms with Gasteiger partial charge in [-0.3, -0.25) is 9.59 Å². The predicted octanol–water partition coefficient (Wildman–Crippen LogP) is 2.08. The zero-order valence-corrected chi connectivity index (χ0v) is 12.5. The van der Waals surface area contributed by atoms with Crippen LogP contribution in [0.25, 0.3) is 0 Å². The molecule has 1 saturated heterocycles. The third kappa shape index (κ3) is 2.77. The maximum Gasteiger partial charge on any atom is 0.248 e. The molecule has 2 amide bonds. The highest BCUT2D eigenvalue weighted by Crippen LogP contribution is 2.37. The fraction of sp³-hybridized carbons (Fsp3) is 0.867. The van der Waals surface area contributed by atoms with E-state index >= 15 is 0 Å². The minimum Gasteiger partial charge on any atom is -0.340 e. The van der Waals surface area contributed by atoms with Crippen LogP contribution in [0, 0.1) is 5.92 Å². The molecule has 108 valence electrons. The van der Waals surface area contributed by atoms with Crippen LogP contribution in [0.5, 0.6) is 0 Å². The quantitative estimate of drug-likeness (QED) is 0.828. The van der Waals surface area contributed by atoms with Gasteiger partial charge in [0.15, 0.2) is 0 Å². The lowest BCUT2D eigenvalue weighted by atomic mass is 9.92. The van der Waals surface area contributed by atoms with E-state index in [2.05, 4.69) is 12.2 Å². The lowest BCUT2D eigenvalue weighted by molar-refractivity contribution is -0.157. The third-order valence-corrected chi connectivity index (χ3v) is 4.40. The molecule has 2 fully saturated rings. The number of nitrogens with zero attached hydrogens (tertiary/aromatic N) is 1. The number of amides is 2. The summed E-state index contributed by atoms with van der Waals surface area (Å²) in [7, 11) is 0. The smallest absolute Gasteiger partial charge is 0.248 e. The first kappa shape index (κ1) is 14.4. The first-order chi connectivity index (χ1) is 8.90. The van der Waals surface area contributed by atoms with E-state index in [1.807, 2.05) is 11.8 Å². The Balaban J connectivity index is 2.24. The molecule has 0 aromatic rings. The van der Waals surface area contributed by atoms with Crippen LogP contribution in [-0.2, 0) is 9.59 Å². The molecule has 1 aliphatic carbocycles. The van der Waals surface area contributed by atoms with E-state index in [1.165, 1.54) is 12.8 Å². The van der Waals surface area contributed by atoms with Crippen molar-refractivity contribution in [3.05, 3.63) is 0 Å². The molecule has 1 aliphatic heterocycles.